The summed E-state index contributed by atoms with van der Waals surface area (Å²) in [5.41, 5.74) is 1.56. The first-order valence-corrected chi connectivity index (χ1v) is 8.78. The average molecular weight is 345 g/mol. The molecule has 6 nitrogen and oxygen atoms in total. The van der Waals surface area contributed by atoms with Crippen LogP contribution in [0.25, 0.3) is 11.5 Å². The highest BCUT2D eigenvalue weighted by atomic mass is 16.4. The molecular weight excluding hydrogens is 318 g/mol. The predicted octanol–water partition coefficient (Wildman–Crippen LogP) is 4.09. The molecule has 2 N–H and O–H groups in total. The third-order valence-electron chi connectivity index (χ3n) is 3.91. The first kappa shape index (κ1) is 19.0. The molecule has 0 aliphatic rings. The van der Waals surface area contributed by atoms with Crippen LogP contribution >= 0.6 is 0 Å². The number of aliphatic hydroxyl groups is 1. The first-order valence-electron chi connectivity index (χ1n) is 8.78. The van der Waals surface area contributed by atoms with Gasteiger partial charge in [-0.25, -0.2) is 9.78 Å². The van der Waals surface area contributed by atoms with Crippen LogP contribution < -0.4 is 5.32 Å². The second-order valence-corrected chi connectivity index (χ2v) is 6.29. The van der Waals surface area contributed by atoms with Gasteiger partial charge in [-0.2, -0.15) is 0 Å². The quantitative estimate of drug-likeness (QED) is 0.755. The summed E-state index contributed by atoms with van der Waals surface area (Å²) in [6, 6.07) is 7.18. The Balaban J connectivity index is 2.02. The number of carbonyl (C=O) groups is 1. The van der Waals surface area contributed by atoms with Crippen LogP contribution in [0.4, 0.5) is 10.5 Å². The molecular formula is C19H27N3O3. The summed E-state index contributed by atoms with van der Waals surface area (Å²) in [7, 11) is 0. The number of nitrogens with zero attached hydrogens (tertiary/aromatic N) is 2. The lowest BCUT2D eigenvalue weighted by Crippen LogP contribution is -2.37. The van der Waals surface area contributed by atoms with Crippen molar-refractivity contribution in [3.05, 3.63) is 36.2 Å². The topological polar surface area (TPSA) is 78.6 Å². The molecule has 2 rings (SSSR count). The molecule has 0 spiro atoms. The van der Waals surface area contributed by atoms with E-state index < -0.39 is 0 Å². The van der Waals surface area contributed by atoms with Crippen LogP contribution in [0.3, 0.4) is 0 Å². The van der Waals surface area contributed by atoms with E-state index in [0.717, 1.165) is 24.2 Å². The smallest absolute Gasteiger partial charge is 0.321 e. The lowest BCUT2D eigenvalue weighted by molar-refractivity contribution is 0.187. The van der Waals surface area contributed by atoms with Gasteiger partial charge in [0.05, 0.1) is 12.8 Å². The fourth-order valence-electron chi connectivity index (χ4n) is 2.37. The summed E-state index contributed by atoms with van der Waals surface area (Å²) in [6.45, 7) is 7.10. The van der Waals surface area contributed by atoms with E-state index >= 15 is 0 Å². The molecule has 2 amide bonds. The van der Waals surface area contributed by atoms with E-state index in [1.54, 1.807) is 11.1 Å². The number of anilines is 1. The van der Waals surface area contributed by atoms with Crippen LogP contribution in [0.15, 0.2) is 34.9 Å². The number of nitrogens with one attached hydrogen (secondary N) is 1. The lowest BCUT2D eigenvalue weighted by atomic mass is 10.2. The van der Waals surface area contributed by atoms with Gasteiger partial charge in [-0.05, 0) is 30.7 Å². The molecule has 0 atom stereocenters. The minimum absolute atomic E-state index is 0.0432. The fourth-order valence-corrected chi connectivity index (χ4v) is 2.37. The average Bonchev–Trinajstić information content (AvgIpc) is 3.09. The highest BCUT2D eigenvalue weighted by Crippen LogP contribution is 2.24. The third kappa shape index (κ3) is 5.32. The van der Waals surface area contributed by atoms with Gasteiger partial charge in [0.25, 0.3) is 0 Å². The SMILES string of the molecule is CCCCN(CCO)C(=O)Nc1ccc(-c2ncc(C(C)C)o2)cc1. The summed E-state index contributed by atoms with van der Waals surface area (Å²) in [5.74, 6) is 1.72. The molecule has 0 radical (unpaired) electrons. The number of hydrogen-bond acceptors (Lipinski definition) is 4. The Kier molecular flexibility index (Phi) is 7.01. The molecule has 0 aliphatic carbocycles. The van der Waals surface area contributed by atoms with Crippen LogP contribution in [0.5, 0.6) is 0 Å². The lowest BCUT2D eigenvalue weighted by Gasteiger charge is -2.22. The van der Waals surface area contributed by atoms with Crippen LogP contribution in [0.1, 0.15) is 45.3 Å². The Hall–Kier alpha value is -2.34. The highest BCUT2D eigenvalue weighted by Gasteiger charge is 2.13. The Morgan fingerprint density at radius 3 is 2.56 bits per heavy atom. The maximum atomic E-state index is 12.3. The molecule has 1 aromatic heterocycles. The Labute approximate surface area is 148 Å². The standard InChI is InChI=1S/C19H27N3O3/c1-4-5-10-22(11-12-23)19(24)21-16-8-6-15(7-9-16)18-20-13-17(25-18)14(2)3/h6-9,13-14,23H,4-5,10-12H2,1-3H3,(H,21,24). The third-order valence-corrected chi connectivity index (χ3v) is 3.91. The number of urea groups is 1. The molecule has 0 bridgehead atoms. The number of hydrogen-bond donors (Lipinski definition) is 2. The van der Waals surface area contributed by atoms with Crippen molar-refractivity contribution in [2.75, 3.05) is 25.0 Å². The molecule has 1 heterocycles. The van der Waals surface area contributed by atoms with Crippen molar-refractivity contribution in [1.29, 1.82) is 0 Å². The molecule has 0 aliphatic heterocycles. The van der Waals surface area contributed by atoms with E-state index in [-0.39, 0.29) is 12.6 Å². The molecule has 0 fully saturated rings. The number of amides is 2. The first-order chi connectivity index (χ1) is 12.0. The van der Waals surface area contributed by atoms with Crippen LogP contribution in [-0.2, 0) is 0 Å². The van der Waals surface area contributed by atoms with E-state index in [2.05, 4.69) is 31.1 Å². The largest absolute Gasteiger partial charge is 0.441 e. The van der Waals surface area contributed by atoms with Gasteiger partial charge in [-0.1, -0.05) is 27.2 Å². The summed E-state index contributed by atoms with van der Waals surface area (Å²) >= 11 is 0. The molecule has 0 unspecified atom stereocenters. The van der Waals surface area contributed by atoms with Crippen LogP contribution in [0.2, 0.25) is 0 Å². The van der Waals surface area contributed by atoms with Crippen LogP contribution in [0, 0.1) is 0 Å². The highest BCUT2D eigenvalue weighted by molar-refractivity contribution is 5.89. The maximum Gasteiger partial charge on any atom is 0.321 e. The minimum atomic E-state index is -0.200. The number of oxazole rings is 1. The van der Waals surface area contributed by atoms with Gasteiger partial charge in [-0.3, -0.25) is 0 Å². The van der Waals surface area contributed by atoms with Crippen molar-refractivity contribution >= 4 is 11.7 Å². The molecule has 0 saturated heterocycles. The van der Waals surface area contributed by atoms with E-state index in [4.69, 9.17) is 9.52 Å². The normalized spacial score (nSPS) is 10.9. The van der Waals surface area contributed by atoms with Crippen molar-refractivity contribution in [2.24, 2.45) is 0 Å². The number of aliphatic hydroxyl groups excluding tert-OH is 1. The maximum absolute atomic E-state index is 12.3. The molecule has 25 heavy (non-hydrogen) atoms. The van der Waals surface area contributed by atoms with Gasteiger partial charge in [0, 0.05) is 30.3 Å². The molecule has 1 aromatic carbocycles. The zero-order chi connectivity index (χ0) is 18.2. The van der Waals surface area contributed by atoms with Gasteiger partial charge < -0.3 is 19.7 Å². The van der Waals surface area contributed by atoms with Crippen molar-refractivity contribution in [3.63, 3.8) is 0 Å². The summed E-state index contributed by atoms with van der Waals surface area (Å²) in [5, 5.41) is 12.0. The summed E-state index contributed by atoms with van der Waals surface area (Å²) < 4.78 is 5.73. The van der Waals surface area contributed by atoms with Gasteiger partial charge in [0.1, 0.15) is 5.76 Å². The number of carbonyl (C=O) groups excluding carboxylic acids is 1. The van der Waals surface area contributed by atoms with E-state index in [1.165, 1.54) is 0 Å². The molecule has 6 heteroatoms. The minimum Gasteiger partial charge on any atom is -0.441 e. The zero-order valence-electron chi connectivity index (χ0n) is 15.2. The fraction of sp³-hybridized carbons (Fsp3) is 0.474. The number of unbranched alkanes of at least 4 members (excludes halogenated alkanes) is 1. The Bertz CT molecular complexity index is 665. The second-order valence-electron chi connectivity index (χ2n) is 6.29. The van der Waals surface area contributed by atoms with Gasteiger partial charge >= 0.3 is 6.03 Å². The van der Waals surface area contributed by atoms with Crippen molar-refractivity contribution in [1.82, 2.24) is 9.88 Å². The second kappa shape index (κ2) is 9.22. The van der Waals surface area contributed by atoms with Gasteiger partial charge in [-0.15, -0.1) is 0 Å². The van der Waals surface area contributed by atoms with Crippen molar-refractivity contribution < 1.29 is 14.3 Å². The Morgan fingerprint density at radius 1 is 1.28 bits per heavy atom. The monoisotopic (exact) mass is 345 g/mol. The molecule has 136 valence electrons. The molecule has 0 saturated carbocycles. The molecule has 2 aromatic rings. The van der Waals surface area contributed by atoms with Crippen LogP contribution in [-0.4, -0.2) is 40.7 Å². The van der Waals surface area contributed by atoms with E-state index in [1.807, 2.05) is 24.3 Å². The van der Waals surface area contributed by atoms with Crippen molar-refractivity contribution in [2.45, 2.75) is 39.5 Å². The summed E-state index contributed by atoms with van der Waals surface area (Å²) in [6.07, 6.45) is 3.66. The number of aromatic nitrogens is 1. The zero-order valence-corrected chi connectivity index (χ0v) is 15.2. The van der Waals surface area contributed by atoms with Gasteiger partial charge in [0.15, 0.2) is 0 Å². The van der Waals surface area contributed by atoms with Crippen molar-refractivity contribution in [3.8, 4) is 11.5 Å². The number of benzene rings is 1. The summed E-state index contributed by atoms with van der Waals surface area (Å²) in [4.78, 5) is 18.2. The number of rotatable bonds is 8. The van der Waals surface area contributed by atoms with E-state index in [9.17, 15) is 4.79 Å². The van der Waals surface area contributed by atoms with Gasteiger partial charge in [0.2, 0.25) is 5.89 Å². The van der Waals surface area contributed by atoms with E-state index in [0.29, 0.717) is 30.6 Å². The Morgan fingerprint density at radius 2 is 2.00 bits per heavy atom. The predicted molar refractivity (Wildman–Crippen MR) is 98.6 cm³/mol.